The topological polar surface area (TPSA) is 88.3 Å². The van der Waals surface area contributed by atoms with E-state index in [9.17, 15) is 9.90 Å². The number of rotatable bonds is 7. The van der Waals surface area contributed by atoms with E-state index < -0.39 is 5.97 Å². The Balaban J connectivity index is 1.46. The molecule has 2 heterocycles. The number of hydrogen-bond acceptors (Lipinski definition) is 6. The Hall–Kier alpha value is -3.32. The van der Waals surface area contributed by atoms with Crippen LogP contribution in [0.5, 0.6) is 0 Å². The third kappa shape index (κ3) is 4.25. The summed E-state index contributed by atoms with van der Waals surface area (Å²) >= 11 is 1.40. The normalized spacial score (nSPS) is 10.9. The molecule has 0 radical (unpaired) electrons. The van der Waals surface area contributed by atoms with Crippen molar-refractivity contribution in [3.05, 3.63) is 72.2 Å². The molecule has 0 saturated heterocycles. The standard InChI is InChI=1S/C22H19N3O3S/c1-29-20-11-15(3-4-17(20)22(26)27)18-12-21(25-13-24-18)23-8-6-14-2-5-19-16(10-14)7-9-28-19/h2-5,7,9-13H,6,8H2,1H3,(H,26,27)(H,23,24,25). The molecule has 2 N–H and O–H groups in total. The Labute approximate surface area is 172 Å². The maximum atomic E-state index is 11.3. The van der Waals surface area contributed by atoms with E-state index in [0.717, 1.165) is 41.0 Å². The molecule has 0 amide bonds. The maximum Gasteiger partial charge on any atom is 0.336 e. The minimum atomic E-state index is -0.931. The molecule has 0 unspecified atom stereocenters. The summed E-state index contributed by atoms with van der Waals surface area (Å²) in [5.74, 6) is -0.202. The molecule has 0 spiro atoms. The second-order valence-corrected chi connectivity index (χ2v) is 7.33. The fourth-order valence-electron chi connectivity index (χ4n) is 3.15. The van der Waals surface area contributed by atoms with Crippen molar-refractivity contribution < 1.29 is 14.3 Å². The first kappa shape index (κ1) is 19.0. The van der Waals surface area contributed by atoms with Gasteiger partial charge < -0.3 is 14.8 Å². The van der Waals surface area contributed by atoms with Gasteiger partial charge in [-0.3, -0.25) is 0 Å². The minimum absolute atomic E-state index is 0.295. The van der Waals surface area contributed by atoms with Crippen molar-refractivity contribution in [2.45, 2.75) is 11.3 Å². The number of carbonyl (C=O) groups is 1. The van der Waals surface area contributed by atoms with E-state index in [1.165, 1.54) is 23.7 Å². The molecule has 0 bridgehead atoms. The minimum Gasteiger partial charge on any atom is -0.478 e. The summed E-state index contributed by atoms with van der Waals surface area (Å²) in [4.78, 5) is 20.7. The monoisotopic (exact) mass is 405 g/mol. The van der Waals surface area contributed by atoms with Crippen LogP contribution in [0.25, 0.3) is 22.2 Å². The first-order chi connectivity index (χ1) is 14.1. The predicted octanol–water partition coefficient (Wildman–Crippen LogP) is 4.96. The van der Waals surface area contributed by atoms with E-state index in [1.54, 1.807) is 18.4 Å². The highest BCUT2D eigenvalue weighted by molar-refractivity contribution is 7.98. The quantitative estimate of drug-likeness (QED) is 0.420. The lowest BCUT2D eigenvalue weighted by molar-refractivity contribution is 0.0693. The van der Waals surface area contributed by atoms with Gasteiger partial charge in [0.2, 0.25) is 0 Å². The Morgan fingerprint density at radius 2 is 2.03 bits per heavy atom. The summed E-state index contributed by atoms with van der Waals surface area (Å²) in [6, 6.07) is 15.2. The molecule has 2 aromatic heterocycles. The summed E-state index contributed by atoms with van der Waals surface area (Å²) in [5, 5.41) is 13.7. The van der Waals surface area contributed by atoms with Gasteiger partial charge in [0.25, 0.3) is 0 Å². The lowest BCUT2D eigenvalue weighted by Crippen LogP contribution is -2.06. The SMILES string of the molecule is CSc1cc(-c2cc(NCCc3ccc4occc4c3)ncn2)ccc1C(=O)O. The molecule has 7 heteroatoms. The molecule has 2 aromatic carbocycles. The molecule has 4 rings (SSSR count). The summed E-state index contributed by atoms with van der Waals surface area (Å²) in [7, 11) is 0. The summed E-state index contributed by atoms with van der Waals surface area (Å²) in [6.45, 7) is 0.730. The van der Waals surface area contributed by atoms with E-state index in [4.69, 9.17) is 4.42 Å². The van der Waals surface area contributed by atoms with Crippen molar-refractivity contribution in [3.63, 3.8) is 0 Å². The average molecular weight is 405 g/mol. The van der Waals surface area contributed by atoms with Crippen LogP contribution in [0.15, 0.2) is 70.4 Å². The van der Waals surface area contributed by atoms with E-state index in [0.29, 0.717) is 10.5 Å². The van der Waals surface area contributed by atoms with Crippen molar-refractivity contribution in [1.29, 1.82) is 0 Å². The van der Waals surface area contributed by atoms with Crippen LogP contribution in [0, 0.1) is 0 Å². The van der Waals surface area contributed by atoms with Crippen molar-refractivity contribution in [2.24, 2.45) is 0 Å². The van der Waals surface area contributed by atoms with Crippen LogP contribution < -0.4 is 5.32 Å². The van der Waals surface area contributed by atoms with E-state index in [-0.39, 0.29) is 0 Å². The van der Waals surface area contributed by atoms with Crippen LogP contribution in [-0.4, -0.2) is 33.8 Å². The molecule has 0 aliphatic carbocycles. The second-order valence-electron chi connectivity index (χ2n) is 6.48. The number of aromatic carboxylic acids is 1. The summed E-state index contributed by atoms with van der Waals surface area (Å²) < 4.78 is 5.37. The number of fused-ring (bicyclic) bond motifs is 1. The van der Waals surface area contributed by atoms with Gasteiger partial charge >= 0.3 is 5.97 Å². The highest BCUT2D eigenvalue weighted by Gasteiger charge is 2.12. The van der Waals surface area contributed by atoms with Crippen LogP contribution in [0.2, 0.25) is 0 Å². The fraction of sp³-hybridized carbons (Fsp3) is 0.136. The van der Waals surface area contributed by atoms with Gasteiger partial charge in [-0.05, 0) is 48.6 Å². The van der Waals surface area contributed by atoms with Crippen LogP contribution in [-0.2, 0) is 6.42 Å². The van der Waals surface area contributed by atoms with E-state index in [2.05, 4.69) is 27.4 Å². The molecular formula is C22H19N3O3S. The number of aromatic nitrogens is 2. The number of hydrogen-bond donors (Lipinski definition) is 2. The Kier molecular flexibility index (Phi) is 5.48. The second kappa shape index (κ2) is 8.36. The van der Waals surface area contributed by atoms with Gasteiger partial charge in [0.05, 0.1) is 17.5 Å². The zero-order valence-electron chi connectivity index (χ0n) is 15.8. The van der Waals surface area contributed by atoms with Gasteiger partial charge in [-0.1, -0.05) is 12.1 Å². The molecule has 0 aliphatic heterocycles. The van der Waals surface area contributed by atoms with Gasteiger partial charge in [0.1, 0.15) is 17.7 Å². The first-order valence-electron chi connectivity index (χ1n) is 9.08. The largest absolute Gasteiger partial charge is 0.478 e. The Morgan fingerprint density at radius 1 is 1.14 bits per heavy atom. The van der Waals surface area contributed by atoms with Gasteiger partial charge in [-0.2, -0.15) is 0 Å². The lowest BCUT2D eigenvalue weighted by atomic mass is 10.1. The highest BCUT2D eigenvalue weighted by Crippen LogP contribution is 2.27. The number of nitrogens with one attached hydrogen (secondary N) is 1. The molecule has 0 atom stereocenters. The molecule has 0 saturated carbocycles. The maximum absolute atomic E-state index is 11.3. The van der Waals surface area contributed by atoms with Gasteiger partial charge in [-0.25, -0.2) is 14.8 Å². The Bertz CT molecular complexity index is 1170. The number of carboxylic acids is 1. The molecule has 29 heavy (non-hydrogen) atoms. The third-order valence-corrected chi connectivity index (χ3v) is 5.41. The molecule has 6 nitrogen and oxygen atoms in total. The third-order valence-electron chi connectivity index (χ3n) is 4.63. The number of carboxylic acid groups (broad SMARTS) is 1. The van der Waals surface area contributed by atoms with Crippen LogP contribution in [0.4, 0.5) is 5.82 Å². The molecule has 0 aliphatic rings. The summed E-state index contributed by atoms with van der Waals surface area (Å²) in [6.07, 6.45) is 5.92. The van der Waals surface area contributed by atoms with Crippen molar-refractivity contribution in [3.8, 4) is 11.3 Å². The number of anilines is 1. The smallest absolute Gasteiger partial charge is 0.336 e. The van der Waals surface area contributed by atoms with E-state index >= 15 is 0 Å². The highest BCUT2D eigenvalue weighted by atomic mass is 32.2. The molecule has 4 aromatic rings. The van der Waals surface area contributed by atoms with Crippen LogP contribution in [0.3, 0.4) is 0 Å². The van der Waals surface area contributed by atoms with Crippen LogP contribution >= 0.6 is 11.8 Å². The molecule has 0 fully saturated rings. The fourth-order valence-corrected chi connectivity index (χ4v) is 3.77. The summed E-state index contributed by atoms with van der Waals surface area (Å²) in [5.41, 5.74) is 4.00. The van der Waals surface area contributed by atoms with Crippen molar-refractivity contribution in [2.75, 3.05) is 18.1 Å². The Morgan fingerprint density at radius 3 is 2.86 bits per heavy atom. The predicted molar refractivity (Wildman–Crippen MR) is 115 cm³/mol. The lowest BCUT2D eigenvalue weighted by Gasteiger charge is -2.09. The number of thioether (sulfide) groups is 1. The van der Waals surface area contributed by atoms with Gasteiger partial charge in [-0.15, -0.1) is 11.8 Å². The van der Waals surface area contributed by atoms with E-state index in [1.807, 2.05) is 30.5 Å². The van der Waals surface area contributed by atoms with Gasteiger partial charge in [0.15, 0.2) is 0 Å². The van der Waals surface area contributed by atoms with Crippen molar-refractivity contribution >= 4 is 34.5 Å². The zero-order valence-corrected chi connectivity index (χ0v) is 16.6. The van der Waals surface area contributed by atoms with Crippen LogP contribution in [0.1, 0.15) is 15.9 Å². The number of nitrogens with zero attached hydrogens (tertiary/aromatic N) is 2. The molecule has 146 valence electrons. The molecular weight excluding hydrogens is 386 g/mol. The number of benzene rings is 2. The first-order valence-corrected chi connectivity index (χ1v) is 10.3. The zero-order chi connectivity index (χ0) is 20.2. The number of furan rings is 1. The average Bonchev–Trinajstić information content (AvgIpc) is 3.21. The van der Waals surface area contributed by atoms with Crippen molar-refractivity contribution in [1.82, 2.24) is 9.97 Å². The van der Waals surface area contributed by atoms with Gasteiger partial charge in [0, 0.05) is 28.5 Å².